The first-order valence-corrected chi connectivity index (χ1v) is 16.9. The fraction of sp³-hybridized carbons (Fsp3) is 0.318. The van der Waals surface area contributed by atoms with Crippen molar-refractivity contribution in [3.05, 3.63) is 130 Å². The Kier molecular flexibility index (Phi) is 11.7. The summed E-state index contributed by atoms with van der Waals surface area (Å²) >= 11 is 0. The Hall–Kier alpha value is -4.26. The van der Waals surface area contributed by atoms with Gasteiger partial charge >= 0.3 is 0 Å². The van der Waals surface area contributed by atoms with Gasteiger partial charge in [-0.25, -0.2) is 0 Å². The van der Waals surface area contributed by atoms with Gasteiger partial charge in [0.05, 0.1) is 0 Å². The van der Waals surface area contributed by atoms with E-state index in [0.29, 0.717) is 0 Å². The van der Waals surface area contributed by atoms with Crippen LogP contribution in [0.3, 0.4) is 0 Å². The standard InChI is InChI=1S/C44H46/c1-3-5-7-9-11-13-35-15-19-37(20-16-35)23-25-39-27-29-41-34-44-32-40(28-30-42(44)33-43(41)31-39)26-24-38-21-17-36(18-22-38)14-12-10-8-6-4-2/h15-22,27-34H,3-14H2,1-2H3. The largest absolute Gasteiger partial charge is 0.0654 e. The first-order valence-electron chi connectivity index (χ1n) is 16.9. The molecular weight excluding hydrogens is 528 g/mol. The first-order chi connectivity index (χ1) is 21.7. The lowest BCUT2D eigenvalue weighted by Crippen LogP contribution is -1.87. The van der Waals surface area contributed by atoms with Crippen LogP contribution >= 0.6 is 0 Å². The van der Waals surface area contributed by atoms with Crippen molar-refractivity contribution >= 4 is 21.5 Å². The second-order valence-electron chi connectivity index (χ2n) is 12.2. The number of benzene rings is 5. The molecule has 0 heterocycles. The summed E-state index contributed by atoms with van der Waals surface area (Å²) in [5, 5.41) is 4.88. The molecule has 5 aromatic carbocycles. The van der Waals surface area contributed by atoms with E-state index in [1.54, 1.807) is 0 Å². The van der Waals surface area contributed by atoms with E-state index in [1.807, 2.05) is 0 Å². The van der Waals surface area contributed by atoms with E-state index < -0.39 is 0 Å². The van der Waals surface area contributed by atoms with Crippen LogP contribution in [-0.2, 0) is 12.8 Å². The van der Waals surface area contributed by atoms with Crippen molar-refractivity contribution in [1.82, 2.24) is 0 Å². The third kappa shape index (κ3) is 9.37. The zero-order chi connectivity index (χ0) is 30.4. The SMILES string of the molecule is CCCCCCCc1ccc(C#Cc2ccc3cc4cc(C#Cc5ccc(CCCCCCC)cc5)ccc4cc3c2)cc1. The van der Waals surface area contributed by atoms with Crippen LogP contribution in [0.5, 0.6) is 0 Å². The molecule has 0 saturated heterocycles. The third-order valence-corrected chi connectivity index (χ3v) is 8.54. The lowest BCUT2D eigenvalue weighted by Gasteiger charge is -2.04. The summed E-state index contributed by atoms with van der Waals surface area (Å²) in [5.74, 6) is 13.5. The minimum atomic E-state index is 1.04. The van der Waals surface area contributed by atoms with Crippen LogP contribution in [0.15, 0.2) is 97.1 Å². The highest BCUT2D eigenvalue weighted by molar-refractivity contribution is 5.99. The molecule has 5 rings (SSSR count). The van der Waals surface area contributed by atoms with E-state index >= 15 is 0 Å². The lowest BCUT2D eigenvalue weighted by atomic mass is 10.00. The van der Waals surface area contributed by atoms with Crippen molar-refractivity contribution in [3.8, 4) is 23.7 Å². The highest BCUT2D eigenvalue weighted by Crippen LogP contribution is 2.25. The Morgan fingerprint density at radius 3 is 1.11 bits per heavy atom. The predicted molar refractivity (Wildman–Crippen MR) is 191 cm³/mol. The number of hydrogen-bond donors (Lipinski definition) is 0. The molecule has 0 aliphatic carbocycles. The molecule has 0 aliphatic rings. The average molecular weight is 575 g/mol. The quantitative estimate of drug-likeness (QED) is 0.0790. The zero-order valence-electron chi connectivity index (χ0n) is 26.7. The molecule has 5 aromatic rings. The molecule has 0 fully saturated rings. The molecule has 0 N–H and O–H groups in total. The summed E-state index contributed by atoms with van der Waals surface area (Å²) in [6.07, 6.45) is 15.5. The van der Waals surface area contributed by atoms with Gasteiger partial charge in [-0.2, -0.15) is 0 Å². The fourth-order valence-corrected chi connectivity index (χ4v) is 5.82. The summed E-state index contributed by atoms with van der Waals surface area (Å²) < 4.78 is 0. The van der Waals surface area contributed by atoms with Gasteiger partial charge in [0, 0.05) is 22.3 Å². The summed E-state index contributed by atoms with van der Waals surface area (Å²) in [4.78, 5) is 0. The van der Waals surface area contributed by atoms with Gasteiger partial charge in [0.15, 0.2) is 0 Å². The summed E-state index contributed by atoms with van der Waals surface area (Å²) in [6, 6.07) is 35.2. The number of rotatable bonds is 12. The Balaban J connectivity index is 1.21. The van der Waals surface area contributed by atoms with Gasteiger partial charge in [0.2, 0.25) is 0 Å². The molecule has 0 radical (unpaired) electrons. The van der Waals surface area contributed by atoms with E-state index in [-0.39, 0.29) is 0 Å². The molecule has 0 nitrogen and oxygen atoms in total. The molecule has 0 heteroatoms. The van der Waals surface area contributed by atoms with Gasteiger partial charge in [-0.3, -0.25) is 0 Å². The van der Waals surface area contributed by atoms with Crippen LogP contribution in [0.1, 0.15) is 111 Å². The van der Waals surface area contributed by atoms with E-state index in [1.165, 1.54) is 96.9 Å². The number of unbranched alkanes of at least 4 members (excludes halogenated alkanes) is 8. The fourth-order valence-electron chi connectivity index (χ4n) is 5.82. The number of aryl methyl sites for hydroxylation is 2. The molecule has 44 heavy (non-hydrogen) atoms. The molecule has 0 unspecified atom stereocenters. The van der Waals surface area contributed by atoms with Crippen LogP contribution in [0.4, 0.5) is 0 Å². The molecule has 0 spiro atoms. The van der Waals surface area contributed by atoms with E-state index in [4.69, 9.17) is 0 Å². The number of hydrogen-bond acceptors (Lipinski definition) is 0. The molecule has 0 aliphatic heterocycles. The molecule has 0 amide bonds. The minimum Gasteiger partial charge on any atom is -0.0654 e. The Morgan fingerprint density at radius 2 is 0.705 bits per heavy atom. The van der Waals surface area contributed by atoms with Crippen molar-refractivity contribution in [3.63, 3.8) is 0 Å². The maximum Gasteiger partial charge on any atom is 0.0255 e. The van der Waals surface area contributed by atoms with Crippen molar-refractivity contribution in [2.75, 3.05) is 0 Å². The van der Waals surface area contributed by atoms with Gasteiger partial charge in [-0.1, -0.05) is 125 Å². The zero-order valence-corrected chi connectivity index (χ0v) is 26.7. The average Bonchev–Trinajstić information content (AvgIpc) is 3.06. The Bertz CT molecular complexity index is 1630. The van der Waals surface area contributed by atoms with Crippen LogP contribution in [0.2, 0.25) is 0 Å². The Labute approximate surface area is 265 Å². The van der Waals surface area contributed by atoms with Crippen molar-refractivity contribution in [2.45, 2.75) is 90.9 Å². The van der Waals surface area contributed by atoms with Gasteiger partial charge in [0.25, 0.3) is 0 Å². The molecule has 0 atom stereocenters. The van der Waals surface area contributed by atoms with Gasteiger partial charge < -0.3 is 0 Å². The number of fused-ring (bicyclic) bond motifs is 2. The maximum absolute atomic E-state index is 3.38. The smallest absolute Gasteiger partial charge is 0.0255 e. The summed E-state index contributed by atoms with van der Waals surface area (Å²) in [6.45, 7) is 4.53. The Morgan fingerprint density at radius 1 is 0.341 bits per heavy atom. The monoisotopic (exact) mass is 574 g/mol. The molecular formula is C44H46. The van der Waals surface area contributed by atoms with Gasteiger partial charge in [-0.15, -0.1) is 0 Å². The highest BCUT2D eigenvalue weighted by atomic mass is 14.1. The second kappa shape index (κ2) is 16.6. The molecule has 222 valence electrons. The maximum atomic E-state index is 3.38. The van der Waals surface area contributed by atoms with Crippen LogP contribution in [0, 0.1) is 23.7 Å². The van der Waals surface area contributed by atoms with Crippen molar-refractivity contribution in [2.24, 2.45) is 0 Å². The lowest BCUT2D eigenvalue weighted by molar-refractivity contribution is 0.632. The van der Waals surface area contributed by atoms with Crippen LogP contribution in [0.25, 0.3) is 21.5 Å². The predicted octanol–water partition coefficient (Wildman–Crippen LogP) is 11.8. The van der Waals surface area contributed by atoms with Crippen LogP contribution in [-0.4, -0.2) is 0 Å². The summed E-state index contributed by atoms with van der Waals surface area (Å²) in [5.41, 5.74) is 7.05. The first kappa shape index (κ1) is 31.2. The van der Waals surface area contributed by atoms with Gasteiger partial charge in [-0.05, 0) is 119 Å². The van der Waals surface area contributed by atoms with Gasteiger partial charge in [0.1, 0.15) is 0 Å². The molecule has 0 aromatic heterocycles. The normalized spacial score (nSPS) is 10.8. The van der Waals surface area contributed by atoms with E-state index in [9.17, 15) is 0 Å². The van der Waals surface area contributed by atoms with Crippen molar-refractivity contribution in [1.29, 1.82) is 0 Å². The van der Waals surface area contributed by atoms with E-state index in [2.05, 4.69) is 135 Å². The third-order valence-electron chi connectivity index (χ3n) is 8.54. The molecule has 0 bridgehead atoms. The minimum absolute atomic E-state index is 1.04. The topological polar surface area (TPSA) is 0 Å². The second-order valence-corrected chi connectivity index (χ2v) is 12.2. The highest BCUT2D eigenvalue weighted by Gasteiger charge is 2.02. The molecule has 0 saturated carbocycles. The van der Waals surface area contributed by atoms with Crippen molar-refractivity contribution < 1.29 is 0 Å². The summed E-state index contributed by atoms with van der Waals surface area (Å²) in [7, 11) is 0. The van der Waals surface area contributed by atoms with E-state index in [0.717, 1.165) is 35.1 Å². The van der Waals surface area contributed by atoms with Crippen LogP contribution < -0.4 is 0 Å².